The van der Waals surface area contributed by atoms with Crippen molar-refractivity contribution < 1.29 is 26.7 Å². The minimum atomic E-state index is -4.41. The summed E-state index contributed by atoms with van der Waals surface area (Å²) in [7, 11) is -3.32. The molecule has 0 aliphatic carbocycles. The van der Waals surface area contributed by atoms with E-state index in [2.05, 4.69) is 5.32 Å². The van der Waals surface area contributed by atoms with E-state index in [-0.39, 0.29) is 12.2 Å². The van der Waals surface area contributed by atoms with Crippen molar-refractivity contribution in [3.63, 3.8) is 0 Å². The largest absolute Gasteiger partial charge is 0.401 e. The lowest BCUT2D eigenvalue weighted by Gasteiger charge is -2.27. The van der Waals surface area contributed by atoms with Crippen molar-refractivity contribution in [2.24, 2.45) is 0 Å². The van der Waals surface area contributed by atoms with Gasteiger partial charge in [0, 0.05) is 0 Å². The summed E-state index contributed by atoms with van der Waals surface area (Å²) < 4.78 is 57.9. The van der Waals surface area contributed by atoms with Crippen LogP contribution in [0.2, 0.25) is 0 Å². The first-order valence-corrected chi connectivity index (χ1v) is 6.13. The highest BCUT2D eigenvalue weighted by atomic mass is 32.2. The van der Waals surface area contributed by atoms with E-state index in [1.54, 1.807) is 0 Å². The van der Waals surface area contributed by atoms with Gasteiger partial charge in [-0.3, -0.25) is 0 Å². The molecule has 0 spiro atoms. The molecular formula is C7H12F3NO3S. The Bertz CT molecular complexity index is 327. The van der Waals surface area contributed by atoms with Gasteiger partial charge in [0.2, 0.25) is 0 Å². The SMILES string of the molecule is O=S1(=O)CCC(CO)(NCC(F)(F)F)C1. The number of aliphatic hydroxyl groups is 1. The van der Waals surface area contributed by atoms with Crippen LogP contribution in [0.3, 0.4) is 0 Å². The summed E-state index contributed by atoms with van der Waals surface area (Å²) in [6, 6.07) is 0. The third-order valence-electron chi connectivity index (χ3n) is 2.35. The van der Waals surface area contributed by atoms with Gasteiger partial charge < -0.3 is 10.4 Å². The smallest absolute Gasteiger partial charge is 0.394 e. The Morgan fingerprint density at radius 2 is 2.00 bits per heavy atom. The van der Waals surface area contributed by atoms with Gasteiger partial charge in [0.05, 0.1) is 30.2 Å². The molecule has 0 aromatic heterocycles. The fourth-order valence-corrected chi connectivity index (χ4v) is 3.55. The molecule has 2 N–H and O–H groups in total. The van der Waals surface area contributed by atoms with Gasteiger partial charge in [-0.05, 0) is 6.42 Å². The van der Waals surface area contributed by atoms with Gasteiger partial charge in [-0.1, -0.05) is 0 Å². The zero-order valence-electron chi connectivity index (χ0n) is 7.84. The standard InChI is InChI=1S/C7H12F3NO3S/c8-7(9,10)3-11-6(4-12)1-2-15(13,14)5-6/h11-12H,1-5H2. The summed E-state index contributed by atoms with van der Waals surface area (Å²) in [6.45, 7) is -1.90. The summed E-state index contributed by atoms with van der Waals surface area (Å²) in [6.07, 6.45) is -4.39. The molecule has 0 saturated carbocycles. The Balaban J connectivity index is 2.64. The Morgan fingerprint density at radius 1 is 1.40 bits per heavy atom. The molecule has 4 nitrogen and oxygen atoms in total. The zero-order valence-corrected chi connectivity index (χ0v) is 8.66. The molecule has 1 aliphatic heterocycles. The molecule has 1 heterocycles. The van der Waals surface area contributed by atoms with Crippen LogP contribution >= 0.6 is 0 Å². The Labute approximate surface area is 85.4 Å². The fraction of sp³-hybridized carbons (Fsp3) is 1.00. The van der Waals surface area contributed by atoms with Crippen molar-refractivity contribution in [3.8, 4) is 0 Å². The van der Waals surface area contributed by atoms with E-state index in [1.807, 2.05) is 0 Å². The van der Waals surface area contributed by atoms with E-state index < -0.39 is 40.5 Å². The number of aliphatic hydroxyl groups excluding tert-OH is 1. The van der Waals surface area contributed by atoms with Crippen LogP contribution in [0.5, 0.6) is 0 Å². The molecule has 0 amide bonds. The van der Waals surface area contributed by atoms with Gasteiger partial charge in [0.25, 0.3) is 0 Å². The van der Waals surface area contributed by atoms with Crippen LogP contribution in [0.15, 0.2) is 0 Å². The average molecular weight is 247 g/mol. The minimum Gasteiger partial charge on any atom is -0.394 e. The molecule has 1 atom stereocenters. The second-order valence-electron chi connectivity index (χ2n) is 3.75. The number of alkyl halides is 3. The lowest BCUT2D eigenvalue weighted by molar-refractivity contribution is -0.129. The van der Waals surface area contributed by atoms with E-state index >= 15 is 0 Å². The Hall–Kier alpha value is -0.340. The number of hydrogen-bond acceptors (Lipinski definition) is 4. The normalized spacial score (nSPS) is 30.7. The molecule has 1 rings (SSSR count). The van der Waals surface area contributed by atoms with Gasteiger partial charge in [-0.15, -0.1) is 0 Å². The van der Waals surface area contributed by atoms with Crippen molar-refractivity contribution in [1.29, 1.82) is 0 Å². The van der Waals surface area contributed by atoms with Crippen LogP contribution in [0, 0.1) is 0 Å². The molecule has 1 aliphatic rings. The van der Waals surface area contributed by atoms with Gasteiger partial charge in [0.15, 0.2) is 9.84 Å². The third kappa shape index (κ3) is 3.62. The highest BCUT2D eigenvalue weighted by Crippen LogP contribution is 2.24. The lowest BCUT2D eigenvalue weighted by atomic mass is 10.0. The lowest BCUT2D eigenvalue weighted by Crippen LogP contribution is -2.52. The molecule has 0 aromatic rings. The first-order valence-electron chi connectivity index (χ1n) is 4.31. The molecule has 15 heavy (non-hydrogen) atoms. The molecule has 1 saturated heterocycles. The highest BCUT2D eigenvalue weighted by Gasteiger charge is 2.43. The molecular weight excluding hydrogens is 235 g/mol. The maximum atomic E-state index is 11.9. The van der Waals surface area contributed by atoms with Crippen molar-refractivity contribution in [3.05, 3.63) is 0 Å². The van der Waals surface area contributed by atoms with Gasteiger partial charge in [0.1, 0.15) is 0 Å². The summed E-state index contributed by atoms with van der Waals surface area (Å²) in [4.78, 5) is 0. The molecule has 1 unspecified atom stereocenters. The van der Waals surface area contributed by atoms with Crippen LogP contribution in [-0.4, -0.2) is 49.9 Å². The van der Waals surface area contributed by atoms with Crippen molar-refractivity contribution in [1.82, 2.24) is 5.32 Å². The zero-order chi connectivity index (χ0) is 11.7. The predicted molar refractivity (Wildman–Crippen MR) is 47.1 cm³/mol. The second-order valence-corrected chi connectivity index (χ2v) is 5.93. The van der Waals surface area contributed by atoms with E-state index in [1.165, 1.54) is 0 Å². The molecule has 90 valence electrons. The number of sulfone groups is 1. The van der Waals surface area contributed by atoms with E-state index in [4.69, 9.17) is 5.11 Å². The summed E-state index contributed by atoms with van der Waals surface area (Å²) >= 11 is 0. The predicted octanol–water partition coefficient (Wildman–Crippen LogP) is -0.312. The van der Waals surface area contributed by atoms with E-state index in [9.17, 15) is 21.6 Å². The maximum absolute atomic E-state index is 11.9. The van der Waals surface area contributed by atoms with Gasteiger partial charge in [-0.25, -0.2) is 8.42 Å². The van der Waals surface area contributed by atoms with E-state index in [0.717, 1.165) is 0 Å². The number of halogens is 3. The first kappa shape index (κ1) is 12.7. The van der Waals surface area contributed by atoms with Crippen molar-refractivity contribution in [2.45, 2.75) is 18.1 Å². The third-order valence-corrected chi connectivity index (χ3v) is 4.17. The molecule has 1 fully saturated rings. The quantitative estimate of drug-likeness (QED) is 0.718. The molecule has 0 bridgehead atoms. The first-order chi connectivity index (χ1) is 6.68. The summed E-state index contributed by atoms with van der Waals surface area (Å²) in [5, 5.41) is 11.0. The second kappa shape index (κ2) is 3.91. The average Bonchev–Trinajstić information content (AvgIpc) is 2.39. The summed E-state index contributed by atoms with van der Waals surface area (Å²) in [5.41, 5.74) is -1.33. The number of rotatable bonds is 3. The maximum Gasteiger partial charge on any atom is 0.401 e. The van der Waals surface area contributed by atoms with Gasteiger partial charge >= 0.3 is 6.18 Å². The van der Waals surface area contributed by atoms with Crippen LogP contribution in [-0.2, 0) is 9.84 Å². The Morgan fingerprint density at radius 3 is 2.33 bits per heavy atom. The van der Waals surface area contributed by atoms with E-state index in [0.29, 0.717) is 0 Å². The van der Waals surface area contributed by atoms with Crippen LogP contribution in [0.25, 0.3) is 0 Å². The monoisotopic (exact) mass is 247 g/mol. The number of hydrogen-bond donors (Lipinski definition) is 2. The highest BCUT2D eigenvalue weighted by molar-refractivity contribution is 7.91. The van der Waals surface area contributed by atoms with Crippen molar-refractivity contribution in [2.75, 3.05) is 24.7 Å². The summed E-state index contributed by atoms with van der Waals surface area (Å²) in [5.74, 6) is -0.620. The molecule has 8 heteroatoms. The van der Waals surface area contributed by atoms with Gasteiger partial charge in [-0.2, -0.15) is 13.2 Å². The van der Waals surface area contributed by atoms with Crippen LogP contribution < -0.4 is 5.32 Å². The molecule has 0 aromatic carbocycles. The fourth-order valence-electron chi connectivity index (χ4n) is 1.52. The topological polar surface area (TPSA) is 66.4 Å². The number of nitrogens with one attached hydrogen (secondary N) is 1. The molecule has 0 radical (unpaired) electrons. The van der Waals surface area contributed by atoms with Crippen LogP contribution in [0.4, 0.5) is 13.2 Å². The van der Waals surface area contributed by atoms with Crippen LogP contribution in [0.1, 0.15) is 6.42 Å². The Kier molecular flexibility index (Phi) is 3.32. The van der Waals surface area contributed by atoms with Crippen molar-refractivity contribution >= 4 is 9.84 Å². The minimum absolute atomic E-state index is 0.0158.